The molecule has 0 radical (unpaired) electrons. The minimum absolute atomic E-state index is 0.585. The molecule has 1 aromatic heterocycles. The first-order valence-electron chi connectivity index (χ1n) is 5.88. The number of nitrogens with zero attached hydrogens (tertiary/aromatic N) is 2. The van der Waals surface area contributed by atoms with E-state index in [0.717, 1.165) is 0 Å². The molecule has 2 nitrogen and oxygen atoms in total. The lowest BCUT2D eigenvalue weighted by Crippen LogP contribution is -2.12. The number of aromatic nitrogens is 2. The van der Waals surface area contributed by atoms with Crippen molar-refractivity contribution in [3.63, 3.8) is 0 Å². The van der Waals surface area contributed by atoms with E-state index in [4.69, 9.17) is 0 Å². The highest BCUT2D eigenvalue weighted by Gasteiger charge is 2.15. The van der Waals surface area contributed by atoms with Gasteiger partial charge >= 0.3 is 0 Å². The Morgan fingerprint density at radius 3 is 3.00 bits per heavy atom. The van der Waals surface area contributed by atoms with Crippen LogP contribution in [0.15, 0.2) is 6.07 Å². The standard InChI is InChI=1S/C12H20N2/c1-3-6-10(2)14-12-8-5-4-7-11(9-12)13-14/h9-10H,3-8H2,1-2H3. The minimum atomic E-state index is 0.585. The molecule has 0 saturated heterocycles. The quantitative estimate of drug-likeness (QED) is 0.719. The molecule has 0 amide bonds. The van der Waals surface area contributed by atoms with Crippen molar-refractivity contribution in [1.82, 2.24) is 9.78 Å². The summed E-state index contributed by atoms with van der Waals surface area (Å²) < 4.78 is 2.26. The summed E-state index contributed by atoms with van der Waals surface area (Å²) >= 11 is 0. The molecule has 1 atom stereocenters. The molecule has 0 fully saturated rings. The van der Waals surface area contributed by atoms with E-state index in [9.17, 15) is 0 Å². The Labute approximate surface area is 86.3 Å². The first-order chi connectivity index (χ1) is 6.81. The van der Waals surface area contributed by atoms with E-state index >= 15 is 0 Å². The minimum Gasteiger partial charge on any atom is -0.267 e. The molecule has 2 bridgehead atoms. The number of fused-ring (bicyclic) bond motifs is 2. The lowest BCUT2D eigenvalue weighted by atomic mass is 10.1. The van der Waals surface area contributed by atoms with Gasteiger partial charge in [0.1, 0.15) is 0 Å². The Kier molecular flexibility index (Phi) is 2.90. The van der Waals surface area contributed by atoms with E-state index in [2.05, 4.69) is 29.7 Å². The molecule has 0 N–H and O–H groups in total. The molecule has 78 valence electrons. The van der Waals surface area contributed by atoms with Gasteiger partial charge < -0.3 is 0 Å². The van der Waals surface area contributed by atoms with Crippen LogP contribution < -0.4 is 0 Å². The predicted octanol–water partition coefficient (Wildman–Crippen LogP) is 3.12. The van der Waals surface area contributed by atoms with Crippen molar-refractivity contribution in [2.24, 2.45) is 0 Å². The molecule has 1 aliphatic carbocycles. The average Bonchev–Trinajstić information content (AvgIpc) is 2.38. The number of hydrogen-bond acceptors (Lipinski definition) is 1. The van der Waals surface area contributed by atoms with E-state index in [1.54, 1.807) is 0 Å². The van der Waals surface area contributed by atoms with Gasteiger partial charge in [-0.05, 0) is 45.1 Å². The van der Waals surface area contributed by atoms with Gasteiger partial charge in [0.2, 0.25) is 0 Å². The third kappa shape index (κ3) is 1.84. The van der Waals surface area contributed by atoms with Gasteiger partial charge in [-0.15, -0.1) is 0 Å². The second kappa shape index (κ2) is 4.16. The zero-order chi connectivity index (χ0) is 9.97. The zero-order valence-corrected chi connectivity index (χ0v) is 9.29. The van der Waals surface area contributed by atoms with Crippen LogP contribution in [-0.4, -0.2) is 9.78 Å². The van der Waals surface area contributed by atoms with Crippen LogP contribution in [0.1, 0.15) is 57.0 Å². The van der Waals surface area contributed by atoms with Crippen molar-refractivity contribution in [2.45, 2.75) is 58.4 Å². The molecule has 2 rings (SSSR count). The van der Waals surface area contributed by atoms with E-state index in [0.29, 0.717) is 6.04 Å². The molecular weight excluding hydrogens is 172 g/mol. The van der Waals surface area contributed by atoms with E-state index in [-0.39, 0.29) is 0 Å². The van der Waals surface area contributed by atoms with Gasteiger partial charge in [-0.1, -0.05) is 13.3 Å². The monoisotopic (exact) mass is 192 g/mol. The Morgan fingerprint density at radius 2 is 2.21 bits per heavy atom. The fourth-order valence-corrected chi connectivity index (χ4v) is 2.33. The molecule has 14 heavy (non-hydrogen) atoms. The molecule has 0 spiro atoms. The summed E-state index contributed by atoms with van der Waals surface area (Å²) in [6, 6.07) is 2.89. The molecular formula is C12H20N2. The third-order valence-electron chi connectivity index (χ3n) is 3.10. The van der Waals surface area contributed by atoms with Gasteiger partial charge in [-0.3, -0.25) is 4.68 Å². The van der Waals surface area contributed by atoms with Crippen LogP contribution in [0.5, 0.6) is 0 Å². The normalized spacial score (nSPS) is 17.9. The van der Waals surface area contributed by atoms with E-state index in [1.165, 1.54) is 49.9 Å². The lowest BCUT2D eigenvalue weighted by Gasteiger charge is -2.15. The summed E-state index contributed by atoms with van der Waals surface area (Å²) in [6.45, 7) is 4.53. The summed E-state index contributed by atoms with van der Waals surface area (Å²) in [5, 5.41) is 4.69. The molecule has 1 aliphatic rings. The van der Waals surface area contributed by atoms with Crippen LogP contribution >= 0.6 is 0 Å². The van der Waals surface area contributed by atoms with Gasteiger partial charge in [0.25, 0.3) is 0 Å². The first kappa shape index (κ1) is 9.75. The topological polar surface area (TPSA) is 17.8 Å². The molecule has 1 heterocycles. The summed E-state index contributed by atoms with van der Waals surface area (Å²) in [5.41, 5.74) is 2.76. The van der Waals surface area contributed by atoms with Crippen molar-refractivity contribution < 1.29 is 0 Å². The number of hydrogen-bond donors (Lipinski definition) is 0. The van der Waals surface area contributed by atoms with Crippen LogP contribution in [0, 0.1) is 0 Å². The Balaban J connectivity index is 2.20. The predicted molar refractivity (Wildman–Crippen MR) is 58.5 cm³/mol. The fourth-order valence-electron chi connectivity index (χ4n) is 2.33. The third-order valence-corrected chi connectivity index (χ3v) is 3.10. The molecule has 0 aromatic carbocycles. The van der Waals surface area contributed by atoms with E-state index in [1.807, 2.05) is 0 Å². The molecule has 0 aliphatic heterocycles. The van der Waals surface area contributed by atoms with Crippen LogP contribution in [0.4, 0.5) is 0 Å². The van der Waals surface area contributed by atoms with Gasteiger partial charge in [-0.25, -0.2) is 0 Å². The summed E-state index contributed by atoms with van der Waals surface area (Å²) in [6.07, 6.45) is 7.54. The highest BCUT2D eigenvalue weighted by atomic mass is 15.3. The first-order valence-corrected chi connectivity index (χ1v) is 5.88. The highest BCUT2D eigenvalue weighted by Crippen LogP contribution is 2.21. The number of rotatable bonds is 3. The highest BCUT2D eigenvalue weighted by molar-refractivity contribution is 5.13. The molecule has 1 unspecified atom stereocenters. The Bertz CT molecular complexity index is 301. The molecule has 1 aromatic rings. The SMILES string of the molecule is CCCC(C)n1nc2cc1CCCC2. The van der Waals surface area contributed by atoms with Crippen molar-refractivity contribution >= 4 is 0 Å². The second-order valence-corrected chi connectivity index (χ2v) is 4.42. The second-order valence-electron chi connectivity index (χ2n) is 4.42. The van der Waals surface area contributed by atoms with Gasteiger partial charge in [0.05, 0.1) is 5.69 Å². The Hall–Kier alpha value is -0.790. The van der Waals surface area contributed by atoms with Crippen molar-refractivity contribution in [1.29, 1.82) is 0 Å². The maximum Gasteiger partial charge on any atom is 0.0627 e. The average molecular weight is 192 g/mol. The van der Waals surface area contributed by atoms with Crippen LogP contribution in [-0.2, 0) is 12.8 Å². The zero-order valence-electron chi connectivity index (χ0n) is 9.29. The van der Waals surface area contributed by atoms with Crippen molar-refractivity contribution in [2.75, 3.05) is 0 Å². The van der Waals surface area contributed by atoms with Crippen LogP contribution in [0.3, 0.4) is 0 Å². The maximum atomic E-state index is 4.69. The lowest BCUT2D eigenvalue weighted by molar-refractivity contribution is 0.428. The largest absolute Gasteiger partial charge is 0.267 e. The summed E-state index contributed by atoms with van der Waals surface area (Å²) in [4.78, 5) is 0. The van der Waals surface area contributed by atoms with Crippen molar-refractivity contribution in [3.05, 3.63) is 17.5 Å². The van der Waals surface area contributed by atoms with Crippen LogP contribution in [0.2, 0.25) is 0 Å². The maximum absolute atomic E-state index is 4.69. The number of aryl methyl sites for hydroxylation is 2. The van der Waals surface area contributed by atoms with Gasteiger partial charge in [0.15, 0.2) is 0 Å². The molecule has 0 saturated carbocycles. The molecule has 2 heteroatoms. The fraction of sp³-hybridized carbons (Fsp3) is 0.750. The van der Waals surface area contributed by atoms with Gasteiger partial charge in [-0.2, -0.15) is 5.10 Å². The van der Waals surface area contributed by atoms with Crippen molar-refractivity contribution in [3.8, 4) is 0 Å². The van der Waals surface area contributed by atoms with Crippen LogP contribution in [0.25, 0.3) is 0 Å². The smallest absolute Gasteiger partial charge is 0.0627 e. The Morgan fingerprint density at radius 1 is 1.43 bits per heavy atom. The summed E-state index contributed by atoms with van der Waals surface area (Å²) in [5.74, 6) is 0. The summed E-state index contributed by atoms with van der Waals surface area (Å²) in [7, 11) is 0. The van der Waals surface area contributed by atoms with E-state index < -0.39 is 0 Å². The van der Waals surface area contributed by atoms with Gasteiger partial charge in [0, 0.05) is 11.7 Å².